The highest BCUT2D eigenvalue weighted by atomic mass is 15.2. The molecule has 2 heteroatoms. The van der Waals surface area contributed by atoms with Gasteiger partial charge in [-0.05, 0) is 39.3 Å². The van der Waals surface area contributed by atoms with Gasteiger partial charge in [-0.1, -0.05) is 42.7 Å². The van der Waals surface area contributed by atoms with Gasteiger partial charge < -0.3 is 5.73 Å². The lowest BCUT2D eigenvalue weighted by Crippen LogP contribution is -2.43. The fraction of sp³-hybridized carbons (Fsp3) is 0.625. The minimum atomic E-state index is 0.108. The van der Waals surface area contributed by atoms with Gasteiger partial charge in [-0.3, -0.25) is 4.90 Å². The van der Waals surface area contributed by atoms with Gasteiger partial charge in [0.25, 0.3) is 0 Å². The maximum absolute atomic E-state index is 6.42. The van der Waals surface area contributed by atoms with Crippen LogP contribution in [-0.2, 0) is 0 Å². The molecule has 0 radical (unpaired) electrons. The van der Waals surface area contributed by atoms with Crippen LogP contribution in [0.25, 0.3) is 0 Å². The van der Waals surface area contributed by atoms with Gasteiger partial charge in [-0.15, -0.1) is 0 Å². The van der Waals surface area contributed by atoms with Gasteiger partial charge in [0.15, 0.2) is 0 Å². The summed E-state index contributed by atoms with van der Waals surface area (Å²) in [7, 11) is 2.23. The third-order valence-electron chi connectivity index (χ3n) is 4.53. The lowest BCUT2D eigenvalue weighted by molar-refractivity contribution is 0.164. The smallest absolute Gasteiger partial charge is 0.0450 e. The number of hydrogen-bond acceptors (Lipinski definition) is 2. The molecule has 100 valence electrons. The average molecular weight is 246 g/mol. The van der Waals surface area contributed by atoms with Crippen LogP contribution in [0.5, 0.6) is 0 Å². The van der Waals surface area contributed by atoms with Crippen molar-refractivity contribution in [3.63, 3.8) is 0 Å². The largest absolute Gasteiger partial charge is 0.323 e. The topological polar surface area (TPSA) is 29.3 Å². The van der Waals surface area contributed by atoms with Crippen molar-refractivity contribution in [3.05, 3.63) is 35.4 Å². The molecular weight excluding hydrogens is 220 g/mol. The summed E-state index contributed by atoms with van der Waals surface area (Å²) in [6, 6.07) is 9.87. The third kappa shape index (κ3) is 2.93. The molecule has 18 heavy (non-hydrogen) atoms. The molecular formula is C16H26N2. The highest BCUT2D eigenvalue weighted by Crippen LogP contribution is 2.27. The molecule has 2 nitrogen and oxygen atoms in total. The fourth-order valence-corrected chi connectivity index (χ4v) is 2.96. The third-order valence-corrected chi connectivity index (χ3v) is 4.53. The van der Waals surface area contributed by atoms with Gasteiger partial charge >= 0.3 is 0 Å². The molecule has 0 saturated heterocycles. The second kappa shape index (κ2) is 5.85. The van der Waals surface area contributed by atoms with E-state index in [9.17, 15) is 0 Å². The summed E-state index contributed by atoms with van der Waals surface area (Å²) in [6.45, 7) is 4.37. The van der Waals surface area contributed by atoms with Gasteiger partial charge in [0, 0.05) is 18.1 Å². The number of nitrogens with zero attached hydrogens (tertiary/aromatic N) is 1. The van der Waals surface area contributed by atoms with Crippen LogP contribution in [0.1, 0.15) is 49.8 Å². The van der Waals surface area contributed by atoms with Crippen LogP contribution in [0, 0.1) is 6.92 Å². The van der Waals surface area contributed by atoms with Crippen LogP contribution >= 0.6 is 0 Å². The number of rotatable bonds is 4. The first-order valence-electron chi connectivity index (χ1n) is 7.13. The Morgan fingerprint density at radius 3 is 2.28 bits per heavy atom. The molecule has 2 atom stereocenters. The first kappa shape index (κ1) is 13.6. The highest BCUT2D eigenvalue weighted by Gasteiger charge is 2.27. The maximum Gasteiger partial charge on any atom is 0.0450 e. The Bertz CT molecular complexity index is 365. The van der Waals surface area contributed by atoms with Crippen LogP contribution in [-0.4, -0.2) is 24.0 Å². The van der Waals surface area contributed by atoms with E-state index in [-0.39, 0.29) is 6.04 Å². The van der Waals surface area contributed by atoms with E-state index in [1.165, 1.54) is 36.8 Å². The van der Waals surface area contributed by atoms with Crippen molar-refractivity contribution >= 4 is 0 Å². The van der Waals surface area contributed by atoms with E-state index < -0.39 is 0 Å². The number of hydrogen-bond donors (Lipinski definition) is 1. The van der Waals surface area contributed by atoms with Crippen molar-refractivity contribution in [1.29, 1.82) is 0 Å². The zero-order chi connectivity index (χ0) is 13.1. The summed E-state index contributed by atoms with van der Waals surface area (Å²) < 4.78 is 0. The van der Waals surface area contributed by atoms with E-state index >= 15 is 0 Å². The average Bonchev–Trinajstić information content (AvgIpc) is 2.91. The number of aryl methyl sites for hydroxylation is 1. The molecule has 0 heterocycles. The second-order valence-corrected chi connectivity index (χ2v) is 5.78. The lowest BCUT2D eigenvalue weighted by atomic mass is 9.98. The van der Waals surface area contributed by atoms with Crippen molar-refractivity contribution in [2.45, 2.75) is 57.7 Å². The Labute approximate surface area is 111 Å². The lowest BCUT2D eigenvalue weighted by Gasteiger charge is -2.34. The fourth-order valence-electron chi connectivity index (χ4n) is 2.96. The molecule has 0 amide bonds. The van der Waals surface area contributed by atoms with Crippen LogP contribution in [0.3, 0.4) is 0 Å². The monoisotopic (exact) mass is 246 g/mol. The summed E-state index contributed by atoms with van der Waals surface area (Å²) in [6.07, 6.45) is 5.42. The van der Waals surface area contributed by atoms with E-state index in [1.54, 1.807) is 0 Å². The molecule has 0 aromatic heterocycles. The van der Waals surface area contributed by atoms with Gasteiger partial charge in [0.2, 0.25) is 0 Å². The van der Waals surface area contributed by atoms with Crippen LogP contribution in [0.2, 0.25) is 0 Å². The summed E-state index contributed by atoms with van der Waals surface area (Å²) in [5.74, 6) is 0. The zero-order valence-corrected chi connectivity index (χ0v) is 11.9. The first-order valence-corrected chi connectivity index (χ1v) is 7.13. The van der Waals surface area contributed by atoms with Crippen molar-refractivity contribution in [2.75, 3.05) is 7.05 Å². The second-order valence-electron chi connectivity index (χ2n) is 5.78. The predicted octanol–water partition coefficient (Wildman–Crippen LogP) is 3.26. The molecule has 0 spiro atoms. The Morgan fingerprint density at radius 1 is 1.17 bits per heavy atom. The Balaban J connectivity index is 2.02. The minimum absolute atomic E-state index is 0.108. The Hall–Kier alpha value is -0.860. The summed E-state index contributed by atoms with van der Waals surface area (Å²) >= 11 is 0. The van der Waals surface area contributed by atoms with Gasteiger partial charge in [-0.2, -0.15) is 0 Å². The predicted molar refractivity (Wildman–Crippen MR) is 77.6 cm³/mol. The van der Waals surface area contributed by atoms with Gasteiger partial charge in [-0.25, -0.2) is 0 Å². The normalized spacial score (nSPS) is 20.3. The molecule has 1 saturated carbocycles. The van der Waals surface area contributed by atoms with E-state index in [1.807, 2.05) is 0 Å². The molecule has 1 aliphatic rings. The number of nitrogens with two attached hydrogens (primary N) is 1. The summed E-state index contributed by atoms with van der Waals surface area (Å²) in [5, 5.41) is 0. The molecule has 0 bridgehead atoms. The molecule has 2 N–H and O–H groups in total. The number of benzene rings is 1. The quantitative estimate of drug-likeness (QED) is 0.883. The van der Waals surface area contributed by atoms with E-state index in [2.05, 4.69) is 50.1 Å². The van der Waals surface area contributed by atoms with Crippen molar-refractivity contribution in [1.82, 2.24) is 4.90 Å². The van der Waals surface area contributed by atoms with Crippen LogP contribution < -0.4 is 5.73 Å². The molecule has 0 aliphatic heterocycles. The van der Waals surface area contributed by atoms with Crippen molar-refractivity contribution < 1.29 is 0 Å². The molecule has 1 fully saturated rings. The van der Waals surface area contributed by atoms with Crippen molar-refractivity contribution in [2.24, 2.45) is 5.73 Å². The molecule has 2 rings (SSSR count). The Morgan fingerprint density at radius 2 is 1.72 bits per heavy atom. The van der Waals surface area contributed by atoms with Crippen LogP contribution in [0.4, 0.5) is 0 Å². The van der Waals surface area contributed by atoms with Crippen LogP contribution in [0.15, 0.2) is 24.3 Å². The van der Waals surface area contributed by atoms with E-state index in [4.69, 9.17) is 5.73 Å². The molecule has 1 aliphatic carbocycles. The number of likely N-dealkylation sites (N-methyl/N-ethyl adjacent to an activating group) is 1. The summed E-state index contributed by atoms with van der Waals surface area (Å²) in [4.78, 5) is 2.48. The van der Waals surface area contributed by atoms with E-state index in [0.29, 0.717) is 6.04 Å². The molecule has 1 aromatic carbocycles. The molecule has 2 unspecified atom stereocenters. The van der Waals surface area contributed by atoms with E-state index in [0.717, 1.165) is 6.04 Å². The van der Waals surface area contributed by atoms with Crippen molar-refractivity contribution in [3.8, 4) is 0 Å². The standard InChI is InChI=1S/C16H26N2/c1-12-8-10-14(11-9-12)16(17)13(2)18(3)15-6-4-5-7-15/h8-11,13,15-16H,4-7,17H2,1-3H3. The maximum atomic E-state index is 6.42. The van der Waals surface area contributed by atoms with Gasteiger partial charge in [0.05, 0.1) is 0 Å². The molecule has 1 aromatic rings. The SMILES string of the molecule is Cc1ccc(C(N)C(C)N(C)C2CCCC2)cc1. The zero-order valence-electron chi connectivity index (χ0n) is 11.9. The van der Waals surface area contributed by atoms with Gasteiger partial charge in [0.1, 0.15) is 0 Å². The minimum Gasteiger partial charge on any atom is -0.323 e. The first-order chi connectivity index (χ1) is 8.59. The highest BCUT2D eigenvalue weighted by molar-refractivity contribution is 5.24. The Kier molecular flexibility index (Phi) is 4.41. The summed E-state index contributed by atoms with van der Waals surface area (Å²) in [5.41, 5.74) is 8.96.